The third-order valence-corrected chi connectivity index (χ3v) is 0.924. The van der Waals surface area contributed by atoms with Gasteiger partial charge in [0, 0.05) is 6.07 Å². The monoisotopic (exact) mass is 110 g/mol. The molecule has 0 spiro atoms. The van der Waals surface area contributed by atoms with E-state index in [9.17, 15) is 0 Å². The van der Waals surface area contributed by atoms with Gasteiger partial charge in [0.2, 0.25) is 6.20 Å². The lowest BCUT2D eigenvalue weighted by Gasteiger charge is -1.84. The first-order chi connectivity index (χ1) is 3.79. The molecular weight excluding hydrogens is 102 g/mol. The van der Waals surface area contributed by atoms with E-state index in [1.165, 1.54) is 0 Å². The van der Waals surface area contributed by atoms with Gasteiger partial charge in [0.15, 0.2) is 11.9 Å². The number of aryl methyl sites for hydroxylation is 1. The van der Waals surface area contributed by atoms with Crippen molar-refractivity contribution < 1.29 is 9.67 Å². The van der Waals surface area contributed by atoms with Gasteiger partial charge in [0.1, 0.15) is 7.05 Å². The molecule has 1 N–H and O–H groups in total. The van der Waals surface area contributed by atoms with Crippen molar-refractivity contribution in [1.29, 1.82) is 0 Å². The second-order valence-electron chi connectivity index (χ2n) is 1.73. The van der Waals surface area contributed by atoms with Crippen LogP contribution in [0.5, 0.6) is 5.75 Å². The Morgan fingerprint density at radius 3 is 2.75 bits per heavy atom. The van der Waals surface area contributed by atoms with Crippen LogP contribution in [0.2, 0.25) is 0 Å². The second kappa shape index (κ2) is 1.82. The van der Waals surface area contributed by atoms with Crippen LogP contribution in [-0.4, -0.2) is 5.11 Å². The van der Waals surface area contributed by atoms with Gasteiger partial charge in [-0.2, -0.15) is 0 Å². The van der Waals surface area contributed by atoms with E-state index in [1.54, 1.807) is 22.9 Å². The van der Waals surface area contributed by atoms with Crippen molar-refractivity contribution in [2.75, 3.05) is 0 Å². The standard InChI is InChI=1S/C6H7NO/c1-7-4-2-3-6(8)5-7/h2-5H,1H3/p+1. The molecule has 1 aromatic heterocycles. The Bertz CT molecular complexity index is 168. The highest BCUT2D eigenvalue weighted by Crippen LogP contribution is 1.98. The fourth-order valence-corrected chi connectivity index (χ4v) is 0.572. The summed E-state index contributed by atoms with van der Waals surface area (Å²) in [6.07, 6.45) is 3.50. The number of aromatic nitrogens is 1. The lowest BCUT2D eigenvalue weighted by Crippen LogP contribution is -2.25. The lowest BCUT2D eigenvalue weighted by atomic mass is 10.5. The van der Waals surface area contributed by atoms with Gasteiger partial charge >= 0.3 is 0 Å². The van der Waals surface area contributed by atoms with Crippen molar-refractivity contribution in [3.63, 3.8) is 0 Å². The van der Waals surface area contributed by atoms with Gasteiger partial charge in [-0.05, 0) is 6.07 Å². The van der Waals surface area contributed by atoms with E-state index in [2.05, 4.69) is 0 Å². The summed E-state index contributed by atoms with van der Waals surface area (Å²) in [6, 6.07) is 3.43. The molecule has 0 unspecified atom stereocenters. The molecule has 1 rings (SSSR count). The van der Waals surface area contributed by atoms with Crippen molar-refractivity contribution in [2.45, 2.75) is 0 Å². The number of hydrogen-bond donors (Lipinski definition) is 1. The van der Waals surface area contributed by atoms with Crippen LogP contribution in [0.3, 0.4) is 0 Å². The average Bonchev–Trinajstić information content (AvgIpc) is 1.64. The molecule has 0 fully saturated rings. The predicted molar refractivity (Wildman–Crippen MR) is 29.3 cm³/mol. The summed E-state index contributed by atoms with van der Waals surface area (Å²) >= 11 is 0. The zero-order valence-electron chi connectivity index (χ0n) is 4.70. The fraction of sp³-hybridized carbons (Fsp3) is 0.167. The van der Waals surface area contributed by atoms with Crippen molar-refractivity contribution in [1.82, 2.24) is 0 Å². The maximum absolute atomic E-state index is 8.79. The van der Waals surface area contributed by atoms with Gasteiger partial charge in [0.25, 0.3) is 0 Å². The summed E-state index contributed by atoms with van der Waals surface area (Å²) in [7, 11) is 1.86. The molecule has 0 aliphatic carbocycles. The maximum atomic E-state index is 8.79. The van der Waals surface area contributed by atoms with Crippen molar-refractivity contribution >= 4 is 0 Å². The number of aromatic hydroxyl groups is 1. The van der Waals surface area contributed by atoms with Gasteiger partial charge in [-0.3, -0.25) is 0 Å². The molecule has 0 atom stereocenters. The smallest absolute Gasteiger partial charge is 0.210 e. The van der Waals surface area contributed by atoms with E-state index in [0.29, 0.717) is 5.75 Å². The summed E-state index contributed by atoms with van der Waals surface area (Å²) in [5.74, 6) is 0.301. The van der Waals surface area contributed by atoms with E-state index >= 15 is 0 Å². The van der Waals surface area contributed by atoms with Crippen LogP contribution < -0.4 is 4.57 Å². The first-order valence-corrected chi connectivity index (χ1v) is 2.43. The van der Waals surface area contributed by atoms with Gasteiger partial charge in [0.05, 0.1) is 0 Å². The summed E-state index contributed by atoms with van der Waals surface area (Å²) in [4.78, 5) is 0. The lowest BCUT2D eigenvalue weighted by molar-refractivity contribution is -0.671. The molecular formula is C6H8NO+. The van der Waals surface area contributed by atoms with Crippen LogP contribution in [0.1, 0.15) is 0 Å². The topological polar surface area (TPSA) is 24.1 Å². The zero-order valence-corrected chi connectivity index (χ0v) is 4.70. The molecule has 2 nitrogen and oxygen atoms in total. The van der Waals surface area contributed by atoms with E-state index in [-0.39, 0.29) is 0 Å². The largest absolute Gasteiger partial charge is 0.503 e. The minimum Gasteiger partial charge on any atom is -0.503 e. The third kappa shape index (κ3) is 0.964. The molecule has 1 aromatic rings. The van der Waals surface area contributed by atoms with Crippen molar-refractivity contribution in [2.24, 2.45) is 7.05 Å². The normalized spacial score (nSPS) is 9.12. The molecule has 42 valence electrons. The fourth-order valence-electron chi connectivity index (χ4n) is 0.572. The second-order valence-corrected chi connectivity index (χ2v) is 1.73. The molecule has 0 aliphatic rings. The number of rotatable bonds is 0. The molecule has 0 saturated carbocycles. The van der Waals surface area contributed by atoms with Crippen LogP contribution in [0.4, 0.5) is 0 Å². The molecule has 0 bridgehead atoms. The molecule has 1 heterocycles. The van der Waals surface area contributed by atoms with Crippen LogP contribution in [0, 0.1) is 0 Å². The minimum absolute atomic E-state index is 0.301. The van der Waals surface area contributed by atoms with E-state index in [1.807, 2.05) is 13.2 Å². The Labute approximate surface area is 48.0 Å². The first-order valence-electron chi connectivity index (χ1n) is 2.43. The molecule has 8 heavy (non-hydrogen) atoms. The third-order valence-electron chi connectivity index (χ3n) is 0.924. The van der Waals surface area contributed by atoms with Gasteiger partial charge < -0.3 is 5.11 Å². The van der Waals surface area contributed by atoms with Crippen molar-refractivity contribution in [3.8, 4) is 5.75 Å². The maximum Gasteiger partial charge on any atom is 0.210 e. The molecule has 0 radical (unpaired) electrons. The molecule has 2 heteroatoms. The Hall–Kier alpha value is -1.05. The number of nitrogens with zero attached hydrogens (tertiary/aromatic N) is 1. The predicted octanol–water partition coefficient (Wildman–Crippen LogP) is 0.217. The Morgan fingerprint density at radius 2 is 2.38 bits per heavy atom. The van der Waals surface area contributed by atoms with Crippen molar-refractivity contribution in [3.05, 3.63) is 24.5 Å². The first kappa shape index (κ1) is 5.09. The van der Waals surface area contributed by atoms with Gasteiger partial charge in [-0.1, -0.05) is 0 Å². The molecule has 0 aliphatic heterocycles. The number of hydrogen-bond acceptors (Lipinski definition) is 1. The van der Waals surface area contributed by atoms with Crippen LogP contribution >= 0.6 is 0 Å². The highest BCUT2D eigenvalue weighted by atomic mass is 16.3. The molecule has 0 aromatic carbocycles. The van der Waals surface area contributed by atoms with E-state index < -0.39 is 0 Å². The van der Waals surface area contributed by atoms with Gasteiger partial charge in [-0.15, -0.1) is 0 Å². The Balaban J connectivity index is 3.08. The SMILES string of the molecule is C[n+]1cccc(O)c1. The molecule has 0 saturated heterocycles. The summed E-state index contributed by atoms with van der Waals surface area (Å²) in [5.41, 5.74) is 0. The zero-order chi connectivity index (χ0) is 5.98. The molecule has 0 amide bonds. The van der Waals surface area contributed by atoms with Crippen LogP contribution in [0.15, 0.2) is 24.5 Å². The Kier molecular flexibility index (Phi) is 1.16. The summed E-state index contributed by atoms with van der Waals surface area (Å²) in [6.45, 7) is 0. The average molecular weight is 110 g/mol. The van der Waals surface area contributed by atoms with E-state index in [4.69, 9.17) is 5.11 Å². The van der Waals surface area contributed by atoms with Gasteiger partial charge in [-0.25, -0.2) is 4.57 Å². The summed E-state index contributed by atoms with van der Waals surface area (Å²) in [5, 5.41) is 8.79. The summed E-state index contributed by atoms with van der Waals surface area (Å²) < 4.78 is 1.79. The van der Waals surface area contributed by atoms with Crippen LogP contribution in [0.25, 0.3) is 0 Å². The highest BCUT2D eigenvalue weighted by molar-refractivity contribution is 5.09. The van der Waals surface area contributed by atoms with E-state index in [0.717, 1.165) is 0 Å². The highest BCUT2D eigenvalue weighted by Gasteiger charge is 1.89. The quantitative estimate of drug-likeness (QED) is 0.474. The Morgan fingerprint density at radius 1 is 1.62 bits per heavy atom. The number of pyridine rings is 1. The minimum atomic E-state index is 0.301. The van der Waals surface area contributed by atoms with Crippen LogP contribution in [-0.2, 0) is 7.05 Å².